The van der Waals surface area contributed by atoms with Gasteiger partial charge in [0.05, 0.1) is 16.3 Å². The number of thiocarbonyl (C=S) groups is 1. The Morgan fingerprint density at radius 2 is 1.91 bits per heavy atom. The molecular weight excluding hydrogens is 470 g/mol. The molecule has 170 valence electrons. The number of rotatable bonds is 9. The smallest absolute Gasteiger partial charge is 0.266 e. The summed E-state index contributed by atoms with van der Waals surface area (Å²) in [6.45, 7) is 3.29. The quantitative estimate of drug-likeness (QED) is 0.160. The lowest BCUT2D eigenvalue weighted by Gasteiger charge is -2.13. The van der Waals surface area contributed by atoms with E-state index in [0.717, 1.165) is 34.7 Å². The summed E-state index contributed by atoms with van der Waals surface area (Å²) in [4.78, 5) is 16.5. The minimum Gasteiger partial charge on any atom is -0.385 e. The molecule has 33 heavy (non-hydrogen) atoms. The Labute approximate surface area is 208 Å². The van der Waals surface area contributed by atoms with Gasteiger partial charge in [-0.1, -0.05) is 61.2 Å². The highest BCUT2D eigenvalue weighted by atomic mass is 32.2. The number of methoxy groups -OCH3 is 1. The van der Waals surface area contributed by atoms with Crippen molar-refractivity contribution >= 4 is 52.0 Å². The fourth-order valence-electron chi connectivity index (χ4n) is 3.51. The predicted molar refractivity (Wildman–Crippen MR) is 142 cm³/mol. The molecule has 5 nitrogen and oxygen atoms in total. The van der Waals surface area contributed by atoms with E-state index in [-0.39, 0.29) is 5.91 Å². The van der Waals surface area contributed by atoms with Crippen LogP contribution in [0.25, 0.3) is 23.0 Å². The molecule has 0 radical (unpaired) electrons. The molecule has 0 spiro atoms. The van der Waals surface area contributed by atoms with Crippen molar-refractivity contribution in [3.8, 4) is 16.9 Å². The number of nitrogens with zero attached hydrogens (tertiary/aromatic N) is 3. The summed E-state index contributed by atoms with van der Waals surface area (Å²) in [7, 11) is 1.66. The van der Waals surface area contributed by atoms with Crippen molar-refractivity contribution < 1.29 is 9.53 Å². The van der Waals surface area contributed by atoms with Gasteiger partial charge in [0, 0.05) is 42.5 Å². The number of aromatic nitrogens is 2. The zero-order valence-electron chi connectivity index (χ0n) is 18.6. The number of carbonyl (C=O) groups is 1. The number of para-hydroxylation sites is 1. The van der Waals surface area contributed by atoms with E-state index in [1.807, 2.05) is 47.3 Å². The van der Waals surface area contributed by atoms with Gasteiger partial charge in [-0.05, 0) is 42.5 Å². The third kappa shape index (κ3) is 5.58. The highest BCUT2D eigenvalue weighted by Gasteiger charge is 2.32. The first kappa shape index (κ1) is 23.8. The van der Waals surface area contributed by atoms with Gasteiger partial charge in [-0.25, -0.2) is 4.68 Å². The van der Waals surface area contributed by atoms with Gasteiger partial charge in [-0.2, -0.15) is 5.10 Å². The second-order valence-electron chi connectivity index (χ2n) is 7.35. The van der Waals surface area contributed by atoms with E-state index in [1.54, 1.807) is 23.8 Å². The summed E-state index contributed by atoms with van der Waals surface area (Å²) in [5.41, 5.74) is 3.68. The maximum atomic E-state index is 13.0. The van der Waals surface area contributed by atoms with Gasteiger partial charge < -0.3 is 4.74 Å². The molecule has 1 saturated heterocycles. The molecule has 0 atom stereocenters. The van der Waals surface area contributed by atoms with E-state index in [2.05, 4.69) is 31.2 Å². The number of thioether (sulfide) groups is 2. The molecule has 1 amide bonds. The molecule has 2 aromatic carbocycles. The second kappa shape index (κ2) is 11.2. The molecule has 1 fully saturated rings. The molecule has 0 saturated carbocycles. The van der Waals surface area contributed by atoms with Crippen LogP contribution in [-0.2, 0) is 9.53 Å². The van der Waals surface area contributed by atoms with E-state index in [0.29, 0.717) is 22.4 Å². The number of amides is 1. The SMILES string of the molecule is CCSc1ccc(-c2nn(-c3ccccc3)cc2C=C2SC(=S)N(CCCOC)C2=O)cc1. The molecule has 0 N–H and O–H groups in total. The van der Waals surface area contributed by atoms with Crippen molar-refractivity contribution in [2.45, 2.75) is 18.2 Å². The summed E-state index contributed by atoms with van der Waals surface area (Å²) in [5, 5.41) is 4.87. The van der Waals surface area contributed by atoms with Crippen molar-refractivity contribution in [2.24, 2.45) is 0 Å². The number of ether oxygens (including phenoxy) is 1. The largest absolute Gasteiger partial charge is 0.385 e. The maximum Gasteiger partial charge on any atom is 0.266 e. The average molecular weight is 496 g/mol. The Balaban J connectivity index is 1.70. The highest BCUT2D eigenvalue weighted by Crippen LogP contribution is 2.35. The molecule has 1 aromatic heterocycles. The van der Waals surface area contributed by atoms with Crippen LogP contribution in [0.3, 0.4) is 0 Å². The lowest BCUT2D eigenvalue weighted by molar-refractivity contribution is -0.122. The highest BCUT2D eigenvalue weighted by molar-refractivity contribution is 8.26. The van der Waals surface area contributed by atoms with E-state index in [1.165, 1.54) is 16.7 Å². The third-order valence-corrected chi connectivity index (χ3v) is 7.36. The van der Waals surface area contributed by atoms with Crippen LogP contribution in [-0.4, -0.2) is 50.9 Å². The zero-order valence-corrected chi connectivity index (χ0v) is 21.0. The minimum atomic E-state index is -0.0609. The fraction of sp³-hybridized carbons (Fsp3) is 0.240. The van der Waals surface area contributed by atoms with E-state index >= 15 is 0 Å². The first-order valence-electron chi connectivity index (χ1n) is 10.7. The fourth-order valence-corrected chi connectivity index (χ4v) is 5.47. The van der Waals surface area contributed by atoms with Gasteiger partial charge in [0.25, 0.3) is 5.91 Å². The summed E-state index contributed by atoms with van der Waals surface area (Å²) >= 11 is 8.62. The molecule has 3 aromatic rings. The standard InChI is InChI=1S/C25H25N3O2S3/c1-3-32-21-12-10-18(11-13-21)23-19(17-28(26-23)20-8-5-4-6-9-20)16-22-24(29)27(25(31)33-22)14-7-15-30-2/h4-6,8-13,16-17H,3,7,14-15H2,1-2H3. The van der Waals surface area contributed by atoms with Gasteiger partial charge in [0.1, 0.15) is 4.32 Å². The Kier molecular flexibility index (Phi) is 8.03. The maximum absolute atomic E-state index is 13.0. The third-order valence-electron chi connectivity index (χ3n) is 5.09. The van der Waals surface area contributed by atoms with Crippen molar-refractivity contribution in [3.63, 3.8) is 0 Å². The number of benzene rings is 2. The van der Waals surface area contributed by atoms with Crippen LogP contribution in [0, 0.1) is 0 Å². The summed E-state index contributed by atoms with van der Waals surface area (Å²) in [6, 6.07) is 18.4. The van der Waals surface area contributed by atoms with Crippen LogP contribution in [0.2, 0.25) is 0 Å². The van der Waals surface area contributed by atoms with E-state index in [4.69, 9.17) is 22.1 Å². The molecule has 0 aliphatic carbocycles. The second-order valence-corrected chi connectivity index (χ2v) is 10.4. The monoisotopic (exact) mass is 495 g/mol. The Morgan fingerprint density at radius 1 is 1.15 bits per heavy atom. The molecule has 2 heterocycles. The van der Waals surface area contributed by atoms with E-state index in [9.17, 15) is 4.79 Å². The molecule has 4 rings (SSSR count). The number of hydrogen-bond donors (Lipinski definition) is 0. The van der Waals surface area contributed by atoms with Crippen molar-refractivity contribution in [2.75, 3.05) is 26.0 Å². The summed E-state index contributed by atoms with van der Waals surface area (Å²) < 4.78 is 7.55. The van der Waals surface area contributed by atoms with Crippen LogP contribution in [0.4, 0.5) is 0 Å². The molecule has 0 bridgehead atoms. The first-order chi connectivity index (χ1) is 16.1. The molecular formula is C25H25N3O2S3. The lowest BCUT2D eigenvalue weighted by atomic mass is 10.1. The van der Waals surface area contributed by atoms with Crippen LogP contribution in [0.1, 0.15) is 18.9 Å². The van der Waals surface area contributed by atoms with Crippen molar-refractivity contribution in [3.05, 3.63) is 71.3 Å². The van der Waals surface area contributed by atoms with Crippen molar-refractivity contribution in [1.82, 2.24) is 14.7 Å². The van der Waals surface area contributed by atoms with Gasteiger partial charge >= 0.3 is 0 Å². The Morgan fingerprint density at radius 3 is 2.61 bits per heavy atom. The Hall–Kier alpha value is -2.39. The summed E-state index contributed by atoms with van der Waals surface area (Å²) in [6.07, 6.45) is 4.62. The number of hydrogen-bond acceptors (Lipinski definition) is 6. The first-order valence-corrected chi connectivity index (χ1v) is 12.9. The van der Waals surface area contributed by atoms with Gasteiger partial charge in [-0.15, -0.1) is 11.8 Å². The molecule has 8 heteroatoms. The van der Waals surface area contributed by atoms with Gasteiger partial charge in [-0.3, -0.25) is 9.69 Å². The topological polar surface area (TPSA) is 47.4 Å². The van der Waals surface area contributed by atoms with Crippen LogP contribution >= 0.6 is 35.7 Å². The van der Waals surface area contributed by atoms with E-state index < -0.39 is 0 Å². The van der Waals surface area contributed by atoms with Gasteiger partial charge in [0.15, 0.2) is 0 Å². The number of carbonyl (C=O) groups excluding carboxylic acids is 1. The molecule has 1 aliphatic heterocycles. The van der Waals surface area contributed by atoms with Crippen LogP contribution < -0.4 is 0 Å². The Bertz CT molecular complexity index is 1160. The average Bonchev–Trinajstić information content (AvgIpc) is 3.37. The van der Waals surface area contributed by atoms with Gasteiger partial charge in [0.2, 0.25) is 0 Å². The van der Waals surface area contributed by atoms with Crippen LogP contribution in [0.5, 0.6) is 0 Å². The summed E-state index contributed by atoms with van der Waals surface area (Å²) in [5.74, 6) is 0.966. The van der Waals surface area contributed by atoms with Crippen molar-refractivity contribution in [1.29, 1.82) is 0 Å². The molecule has 1 aliphatic rings. The normalized spacial score (nSPS) is 15.1. The lowest BCUT2D eigenvalue weighted by Crippen LogP contribution is -2.29. The minimum absolute atomic E-state index is 0.0609. The predicted octanol–water partition coefficient (Wildman–Crippen LogP) is 5.89. The van der Waals surface area contributed by atoms with Crippen LogP contribution in [0.15, 0.2) is 70.6 Å². The molecule has 0 unspecified atom stereocenters. The zero-order chi connectivity index (χ0) is 23.2.